The van der Waals surface area contributed by atoms with Gasteiger partial charge < -0.3 is 4.42 Å². The molecular weight excluding hydrogens is 186 g/mol. The predicted molar refractivity (Wildman–Crippen MR) is 48.6 cm³/mol. The summed E-state index contributed by atoms with van der Waals surface area (Å²) in [5, 5.41) is 0.928. The molecule has 0 saturated heterocycles. The topological polar surface area (TPSA) is 43.3 Å². The number of hydrogen-bond donors (Lipinski definition) is 0. The first-order valence-electron chi connectivity index (χ1n) is 3.76. The zero-order valence-electron chi connectivity index (χ0n) is 6.54. The largest absolute Gasteiger partial charge is 0.472 e. The standard InChI is InChI=1S/C8H5N3OS/c1-4-12-5-6(1)7-10-8-9-2-3-11(8)13-7/h1-5H. The van der Waals surface area contributed by atoms with Gasteiger partial charge in [0.15, 0.2) is 0 Å². The molecule has 0 unspecified atom stereocenters. The molecule has 0 fully saturated rings. The van der Waals surface area contributed by atoms with Gasteiger partial charge in [0.25, 0.3) is 0 Å². The van der Waals surface area contributed by atoms with Gasteiger partial charge in [0.05, 0.1) is 11.8 Å². The van der Waals surface area contributed by atoms with E-state index in [9.17, 15) is 0 Å². The van der Waals surface area contributed by atoms with Crippen LogP contribution in [-0.4, -0.2) is 13.8 Å². The zero-order chi connectivity index (χ0) is 8.67. The maximum absolute atomic E-state index is 4.98. The van der Waals surface area contributed by atoms with E-state index < -0.39 is 0 Å². The number of furan rings is 1. The second-order valence-corrected chi connectivity index (χ2v) is 3.54. The average Bonchev–Trinajstić information content (AvgIpc) is 2.78. The first-order valence-corrected chi connectivity index (χ1v) is 4.54. The molecule has 0 spiro atoms. The van der Waals surface area contributed by atoms with Crippen molar-refractivity contribution in [2.45, 2.75) is 0 Å². The molecule has 0 amide bonds. The molecule has 0 atom stereocenters. The van der Waals surface area contributed by atoms with Gasteiger partial charge in [0.1, 0.15) is 11.3 Å². The molecule has 4 nitrogen and oxygen atoms in total. The molecule has 0 radical (unpaired) electrons. The lowest BCUT2D eigenvalue weighted by Gasteiger charge is -1.82. The summed E-state index contributed by atoms with van der Waals surface area (Å²) in [5.41, 5.74) is 0.996. The summed E-state index contributed by atoms with van der Waals surface area (Å²) in [6.45, 7) is 0. The SMILES string of the molecule is c1cn2sc(-c3ccoc3)nc2n1. The second-order valence-electron chi connectivity index (χ2n) is 2.57. The summed E-state index contributed by atoms with van der Waals surface area (Å²) in [5.74, 6) is 0.737. The normalized spacial score (nSPS) is 11.1. The molecule has 3 aromatic heterocycles. The third-order valence-corrected chi connectivity index (χ3v) is 2.73. The van der Waals surface area contributed by atoms with E-state index in [0.29, 0.717) is 0 Å². The molecule has 64 valence electrons. The molecule has 0 aliphatic carbocycles. The Morgan fingerprint density at radius 1 is 1.46 bits per heavy atom. The van der Waals surface area contributed by atoms with Crippen LogP contribution in [0.3, 0.4) is 0 Å². The van der Waals surface area contributed by atoms with Crippen LogP contribution in [0.25, 0.3) is 16.3 Å². The Morgan fingerprint density at radius 3 is 3.23 bits per heavy atom. The quantitative estimate of drug-likeness (QED) is 0.591. The minimum atomic E-state index is 0.737. The molecule has 3 heterocycles. The molecule has 5 heteroatoms. The number of nitrogens with zero attached hydrogens (tertiary/aromatic N) is 3. The van der Waals surface area contributed by atoms with Crippen molar-refractivity contribution in [3.05, 3.63) is 31.0 Å². The Hall–Kier alpha value is -1.62. The lowest BCUT2D eigenvalue weighted by Crippen LogP contribution is -1.71. The third-order valence-electron chi connectivity index (χ3n) is 1.74. The van der Waals surface area contributed by atoms with E-state index in [1.807, 2.05) is 16.1 Å². The van der Waals surface area contributed by atoms with Crippen LogP contribution in [0, 0.1) is 0 Å². The van der Waals surface area contributed by atoms with Gasteiger partial charge in [-0.15, -0.1) is 0 Å². The van der Waals surface area contributed by atoms with Crippen molar-refractivity contribution in [3.8, 4) is 10.6 Å². The van der Waals surface area contributed by atoms with Gasteiger partial charge in [-0.3, -0.25) is 0 Å². The van der Waals surface area contributed by atoms with Gasteiger partial charge in [-0.2, -0.15) is 4.98 Å². The fourth-order valence-electron chi connectivity index (χ4n) is 1.14. The molecule has 3 aromatic rings. The summed E-state index contributed by atoms with van der Waals surface area (Å²) < 4.78 is 6.90. The van der Waals surface area contributed by atoms with Crippen LogP contribution in [-0.2, 0) is 0 Å². The maximum Gasteiger partial charge on any atom is 0.244 e. The second kappa shape index (κ2) is 2.43. The molecule has 13 heavy (non-hydrogen) atoms. The highest BCUT2D eigenvalue weighted by Crippen LogP contribution is 2.23. The van der Waals surface area contributed by atoms with Crippen molar-refractivity contribution in [2.24, 2.45) is 0 Å². The minimum Gasteiger partial charge on any atom is -0.472 e. The van der Waals surface area contributed by atoms with E-state index in [0.717, 1.165) is 16.3 Å². The van der Waals surface area contributed by atoms with Crippen molar-refractivity contribution >= 4 is 17.3 Å². The molecule has 0 aliphatic heterocycles. The Kier molecular flexibility index (Phi) is 1.28. The van der Waals surface area contributed by atoms with Gasteiger partial charge in [0, 0.05) is 12.4 Å². The van der Waals surface area contributed by atoms with Crippen LogP contribution in [0.1, 0.15) is 0 Å². The smallest absolute Gasteiger partial charge is 0.244 e. The first kappa shape index (κ1) is 6.85. The molecule has 0 aromatic carbocycles. The molecular formula is C8H5N3OS. The fourth-order valence-corrected chi connectivity index (χ4v) is 1.96. The van der Waals surface area contributed by atoms with E-state index in [1.54, 1.807) is 30.3 Å². The molecule has 0 bridgehead atoms. The summed E-state index contributed by atoms with van der Waals surface area (Å²) in [4.78, 5) is 8.41. The van der Waals surface area contributed by atoms with Gasteiger partial charge in [-0.1, -0.05) is 0 Å². The predicted octanol–water partition coefficient (Wildman–Crippen LogP) is 2.05. The molecule has 3 rings (SSSR count). The zero-order valence-corrected chi connectivity index (χ0v) is 7.36. The summed E-state index contributed by atoms with van der Waals surface area (Å²) >= 11 is 1.54. The van der Waals surface area contributed by atoms with Crippen molar-refractivity contribution in [1.29, 1.82) is 0 Å². The maximum atomic E-state index is 4.98. The van der Waals surface area contributed by atoms with E-state index in [-0.39, 0.29) is 0 Å². The minimum absolute atomic E-state index is 0.737. The van der Waals surface area contributed by atoms with Gasteiger partial charge in [0.2, 0.25) is 5.78 Å². The average molecular weight is 191 g/mol. The lowest BCUT2D eigenvalue weighted by molar-refractivity contribution is 0.568. The third kappa shape index (κ3) is 0.972. The highest BCUT2D eigenvalue weighted by Gasteiger charge is 2.06. The van der Waals surface area contributed by atoms with Crippen molar-refractivity contribution in [1.82, 2.24) is 13.8 Å². The van der Waals surface area contributed by atoms with E-state index >= 15 is 0 Å². The van der Waals surface area contributed by atoms with Gasteiger partial charge in [-0.05, 0) is 17.6 Å². The highest BCUT2D eigenvalue weighted by molar-refractivity contribution is 7.10. The molecule has 0 N–H and O–H groups in total. The Morgan fingerprint density at radius 2 is 2.46 bits per heavy atom. The van der Waals surface area contributed by atoms with Crippen LogP contribution in [0.4, 0.5) is 0 Å². The van der Waals surface area contributed by atoms with E-state index in [4.69, 9.17) is 4.42 Å². The summed E-state index contributed by atoms with van der Waals surface area (Å²) in [6, 6.07) is 1.89. The van der Waals surface area contributed by atoms with Crippen molar-refractivity contribution in [2.75, 3.05) is 0 Å². The van der Waals surface area contributed by atoms with Crippen LogP contribution >= 0.6 is 11.5 Å². The first-order chi connectivity index (χ1) is 6.43. The van der Waals surface area contributed by atoms with Crippen molar-refractivity contribution < 1.29 is 4.42 Å². The van der Waals surface area contributed by atoms with E-state index in [1.165, 1.54) is 0 Å². The van der Waals surface area contributed by atoms with Crippen molar-refractivity contribution in [3.63, 3.8) is 0 Å². The molecule has 0 saturated carbocycles. The summed E-state index contributed by atoms with van der Waals surface area (Å²) in [6.07, 6.45) is 6.94. The Bertz CT molecular complexity index is 494. The van der Waals surface area contributed by atoms with Crippen LogP contribution < -0.4 is 0 Å². The molecule has 0 aliphatic rings. The van der Waals surface area contributed by atoms with Gasteiger partial charge >= 0.3 is 0 Å². The number of fused-ring (bicyclic) bond motifs is 1. The van der Waals surface area contributed by atoms with Crippen LogP contribution in [0.2, 0.25) is 0 Å². The lowest BCUT2D eigenvalue weighted by atomic mass is 10.4. The summed E-state index contributed by atoms with van der Waals surface area (Å²) in [7, 11) is 0. The van der Waals surface area contributed by atoms with Crippen LogP contribution in [0.5, 0.6) is 0 Å². The monoisotopic (exact) mass is 191 g/mol. The van der Waals surface area contributed by atoms with Crippen LogP contribution in [0.15, 0.2) is 35.4 Å². The number of aromatic nitrogens is 3. The van der Waals surface area contributed by atoms with Gasteiger partial charge in [-0.25, -0.2) is 8.77 Å². The Balaban J connectivity index is 2.23. The number of hydrogen-bond acceptors (Lipinski definition) is 4. The number of imidazole rings is 1. The van der Waals surface area contributed by atoms with E-state index in [2.05, 4.69) is 9.97 Å². The number of rotatable bonds is 1. The highest BCUT2D eigenvalue weighted by atomic mass is 32.1. The fraction of sp³-hybridized carbons (Fsp3) is 0. The Labute approximate surface area is 77.6 Å².